The Bertz CT molecular complexity index is 282. The second-order valence-corrected chi connectivity index (χ2v) is 3.79. The summed E-state index contributed by atoms with van der Waals surface area (Å²) in [4.78, 5) is 4.12. The molecule has 0 saturated heterocycles. The average molecular weight is 166 g/mol. The van der Waals surface area contributed by atoms with E-state index in [0.29, 0.717) is 11.8 Å². The van der Waals surface area contributed by atoms with Crippen molar-refractivity contribution < 1.29 is 5.11 Å². The average Bonchev–Trinajstić information content (AvgIpc) is 2.58. The fourth-order valence-corrected chi connectivity index (χ4v) is 1.60. The number of aryl methyl sites for hydroxylation is 1. The van der Waals surface area contributed by atoms with Crippen molar-refractivity contribution in [2.24, 2.45) is 18.9 Å². The lowest BCUT2D eigenvalue weighted by atomic mass is 10.1. The zero-order chi connectivity index (χ0) is 8.72. The van der Waals surface area contributed by atoms with Crippen LogP contribution in [0.15, 0.2) is 12.5 Å². The maximum absolute atomic E-state index is 9.77. The molecule has 1 aromatic rings. The van der Waals surface area contributed by atoms with Gasteiger partial charge < -0.3 is 9.67 Å². The molecule has 3 heteroatoms. The first-order valence-corrected chi connectivity index (χ1v) is 4.34. The predicted octanol–water partition coefficient (Wildman–Crippen LogP) is 1.11. The third kappa shape index (κ3) is 1.25. The topological polar surface area (TPSA) is 38.0 Å². The van der Waals surface area contributed by atoms with Gasteiger partial charge in [-0.2, -0.15) is 0 Å². The molecule has 12 heavy (non-hydrogen) atoms. The smallest absolute Gasteiger partial charge is 0.101 e. The predicted molar refractivity (Wildman–Crippen MR) is 45.4 cm³/mol. The highest BCUT2D eigenvalue weighted by Gasteiger charge is 2.40. The van der Waals surface area contributed by atoms with Crippen molar-refractivity contribution >= 4 is 0 Å². The van der Waals surface area contributed by atoms with E-state index >= 15 is 0 Å². The standard InChI is InChI=1S/C9H14N2O/c1-6-3-7(6)9(12)8-4-11(2)5-10-8/h4-7,9,12H,3H2,1-2H3. The van der Waals surface area contributed by atoms with E-state index in [0.717, 1.165) is 12.1 Å². The molecule has 1 aliphatic carbocycles. The van der Waals surface area contributed by atoms with Crippen molar-refractivity contribution in [2.75, 3.05) is 0 Å². The highest BCUT2D eigenvalue weighted by molar-refractivity contribution is 5.06. The molecule has 0 radical (unpaired) electrons. The minimum atomic E-state index is -0.346. The maximum Gasteiger partial charge on any atom is 0.101 e. The van der Waals surface area contributed by atoms with Crippen LogP contribution in [0.1, 0.15) is 25.1 Å². The van der Waals surface area contributed by atoms with Crippen LogP contribution in [0.4, 0.5) is 0 Å². The first-order chi connectivity index (χ1) is 5.68. The second kappa shape index (κ2) is 2.59. The van der Waals surface area contributed by atoms with Crippen LogP contribution in [-0.4, -0.2) is 14.7 Å². The Labute approximate surface area is 72.0 Å². The minimum absolute atomic E-state index is 0.346. The highest BCUT2D eigenvalue weighted by atomic mass is 16.3. The van der Waals surface area contributed by atoms with Gasteiger partial charge in [0.15, 0.2) is 0 Å². The largest absolute Gasteiger partial charge is 0.386 e. The SMILES string of the molecule is CC1CC1C(O)c1cn(C)cn1. The molecule has 1 saturated carbocycles. The van der Waals surface area contributed by atoms with E-state index in [4.69, 9.17) is 0 Å². The fourth-order valence-electron chi connectivity index (χ4n) is 1.60. The van der Waals surface area contributed by atoms with Crippen molar-refractivity contribution in [3.8, 4) is 0 Å². The molecule has 3 unspecified atom stereocenters. The third-order valence-electron chi connectivity index (χ3n) is 2.61. The Kier molecular flexibility index (Phi) is 1.68. The number of aromatic nitrogens is 2. The molecule has 1 aromatic heterocycles. The molecule has 3 nitrogen and oxygen atoms in total. The van der Waals surface area contributed by atoms with Crippen LogP contribution in [0, 0.1) is 11.8 Å². The van der Waals surface area contributed by atoms with Crippen molar-refractivity contribution in [3.63, 3.8) is 0 Å². The molecular weight excluding hydrogens is 152 g/mol. The van der Waals surface area contributed by atoms with Crippen LogP contribution in [0.5, 0.6) is 0 Å². The molecule has 3 atom stereocenters. The van der Waals surface area contributed by atoms with Gasteiger partial charge >= 0.3 is 0 Å². The van der Waals surface area contributed by atoms with E-state index in [1.165, 1.54) is 0 Å². The van der Waals surface area contributed by atoms with Gasteiger partial charge in [0.2, 0.25) is 0 Å². The molecule has 1 heterocycles. The molecule has 0 aromatic carbocycles. The molecule has 0 amide bonds. The van der Waals surface area contributed by atoms with Crippen LogP contribution in [0.25, 0.3) is 0 Å². The number of aliphatic hydroxyl groups excluding tert-OH is 1. The van der Waals surface area contributed by atoms with Gasteiger partial charge in [-0.25, -0.2) is 4.98 Å². The van der Waals surface area contributed by atoms with Crippen molar-refractivity contribution in [1.82, 2.24) is 9.55 Å². The summed E-state index contributed by atoms with van der Waals surface area (Å²) >= 11 is 0. The monoisotopic (exact) mass is 166 g/mol. The Balaban J connectivity index is 2.09. The second-order valence-electron chi connectivity index (χ2n) is 3.79. The number of aliphatic hydroxyl groups is 1. The molecule has 66 valence electrons. The van der Waals surface area contributed by atoms with Gasteiger partial charge in [-0.05, 0) is 18.3 Å². The lowest BCUT2D eigenvalue weighted by Gasteiger charge is -2.04. The van der Waals surface area contributed by atoms with E-state index in [2.05, 4.69) is 11.9 Å². The van der Waals surface area contributed by atoms with E-state index in [1.807, 2.05) is 17.8 Å². The lowest BCUT2D eigenvalue weighted by molar-refractivity contribution is 0.144. The zero-order valence-corrected chi connectivity index (χ0v) is 7.44. The molecule has 0 spiro atoms. The van der Waals surface area contributed by atoms with Gasteiger partial charge in [-0.1, -0.05) is 6.92 Å². The van der Waals surface area contributed by atoms with Gasteiger partial charge in [-0.15, -0.1) is 0 Å². The lowest BCUT2D eigenvalue weighted by Crippen LogP contribution is -2.01. The Morgan fingerprint density at radius 3 is 2.83 bits per heavy atom. The Morgan fingerprint density at radius 1 is 1.75 bits per heavy atom. The Morgan fingerprint density at radius 2 is 2.42 bits per heavy atom. The third-order valence-corrected chi connectivity index (χ3v) is 2.61. The number of imidazole rings is 1. The Hall–Kier alpha value is -0.830. The van der Waals surface area contributed by atoms with Crippen LogP contribution in [-0.2, 0) is 7.05 Å². The summed E-state index contributed by atoms with van der Waals surface area (Å²) in [6.45, 7) is 2.16. The maximum atomic E-state index is 9.77. The summed E-state index contributed by atoms with van der Waals surface area (Å²) in [5, 5.41) is 9.77. The first-order valence-electron chi connectivity index (χ1n) is 4.34. The van der Waals surface area contributed by atoms with Gasteiger partial charge in [0.05, 0.1) is 12.0 Å². The molecule has 2 rings (SSSR count). The summed E-state index contributed by atoms with van der Waals surface area (Å²) in [6.07, 6.45) is 4.40. The van der Waals surface area contributed by atoms with Crippen LogP contribution >= 0.6 is 0 Å². The van der Waals surface area contributed by atoms with Crippen LogP contribution in [0.2, 0.25) is 0 Å². The van der Waals surface area contributed by atoms with Gasteiger partial charge in [0, 0.05) is 13.2 Å². The molecule has 0 bridgehead atoms. The summed E-state index contributed by atoms with van der Waals surface area (Å²) in [5.74, 6) is 1.11. The van der Waals surface area contributed by atoms with Gasteiger partial charge in [0.25, 0.3) is 0 Å². The van der Waals surface area contributed by atoms with E-state index in [-0.39, 0.29) is 6.10 Å². The number of hydrogen-bond acceptors (Lipinski definition) is 2. The van der Waals surface area contributed by atoms with Crippen molar-refractivity contribution in [1.29, 1.82) is 0 Å². The zero-order valence-electron chi connectivity index (χ0n) is 7.44. The van der Waals surface area contributed by atoms with E-state index in [9.17, 15) is 5.11 Å². The summed E-state index contributed by atoms with van der Waals surface area (Å²) < 4.78 is 1.87. The normalized spacial score (nSPS) is 30.2. The quantitative estimate of drug-likeness (QED) is 0.714. The van der Waals surface area contributed by atoms with Gasteiger partial charge in [-0.3, -0.25) is 0 Å². The number of nitrogens with zero attached hydrogens (tertiary/aromatic N) is 2. The van der Waals surface area contributed by atoms with Crippen LogP contribution < -0.4 is 0 Å². The molecule has 1 aliphatic rings. The summed E-state index contributed by atoms with van der Waals surface area (Å²) in [5.41, 5.74) is 0.812. The minimum Gasteiger partial charge on any atom is -0.386 e. The first kappa shape index (κ1) is 7.80. The van der Waals surface area contributed by atoms with E-state index in [1.54, 1.807) is 6.33 Å². The summed E-state index contributed by atoms with van der Waals surface area (Å²) in [7, 11) is 1.92. The highest BCUT2D eigenvalue weighted by Crippen LogP contribution is 2.46. The summed E-state index contributed by atoms with van der Waals surface area (Å²) in [6, 6.07) is 0. The molecule has 1 fully saturated rings. The fraction of sp³-hybridized carbons (Fsp3) is 0.667. The number of hydrogen-bond donors (Lipinski definition) is 1. The van der Waals surface area contributed by atoms with Crippen molar-refractivity contribution in [3.05, 3.63) is 18.2 Å². The molecule has 0 aliphatic heterocycles. The van der Waals surface area contributed by atoms with Crippen LogP contribution in [0.3, 0.4) is 0 Å². The van der Waals surface area contributed by atoms with Gasteiger partial charge in [0.1, 0.15) is 6.10 Å². The molecular formula is C9H14N2O. The number of rotatable bonds is 2. The van der Waals surface area contributed by atoms with Crippen molar-refractivity contribution in [2.45, 2.75) is 19.4 Å². The molecule has 1 N–H and O–H groups in total. The van der Waals surface area contributed by atoms with E-state index < -0.39 is 0 Å².